The third kappa shape index (κ3) is 3.79. The molecule has 11 rings (SSSR count). The van der Waals surface area contributed by atoms with E-state index in [1.165, 1.54) is 98.4 Å². The van der Waals surface area contributed by atoms with Crippen molar-refractivity contribution < 1.29 is 0 Å². The molecule has 0 spiro atoms. The van der Waals surface area contributed by atoms with Gasteiger partial charge in [-0.25, -0.2) is 0 Å². The fraction of sp³-hybridized carbons (Fsp3) is 0. The summed E-state index contributed by atoms with van der Waals surface area (Å²) in [7, 11) is 0. The third-order valence-electron chi connectivity index (χ3n) is 10.7. The average Bonchev–Trinajstić information content (AvgIpc) is 3.71. The van der Waals surface area contributed by atoms with Crippen molar-refractivity contribution in [3.63, 3.8) is 0 Å². The second-order valence-corrected chi connectivity index (χ2v) is 13.3. The van der Waals surface area contributed by atoms with Gasteiger partial charge in [0.2, 0.25) is 0 Å². The minimum absolute atomic E-state index is 1.17. The molecule has 2 nitrogen and oxygen atoms in total. The van der Waals surface area contributed by atoms with Crippen molar-refractivity contribution in [2.24, 2.45) is 0 Å². The standard InChI is InChI=1S/C48H30N2/c1-2-13-32(14-3-1)49-44-22-10-8-19-40(44)41-27-25-31(29-47(41)49)34-21-12-24-46-48(34)42-20-9-11-23-45(42)50(46)33-26-28-39-37-17-5-4-15-35(37)36-16-6-7-18-38(36)43(39)30-33/h1-30H. The summed E-state index contributed by atoms with van der Waals surface area (Å²) in [6.45, 7) is 0. The van der Waals surface area contributed by atoms with Gasteiger partial charge >= 0.3 is 0 Å². The van der Waals surface area contributed by atoms with Crippen LogP contribution in [0.15, 0.2) is 182 Å². The molecule has 0 saturated heterocycles. The van der Waals surface area contributed by atoms with E-state index in [0.717, 1.165) is 0 Å². The Hall–Kier alpha value is -6.64. The molecule has 0 atom stereocenters. The van der Waals surface area contributed by atoms with Crippen LogP contribution in [0, 0.1) is 0 Å². The van der Waals surface area contributed by atoms with Gasteiger partial charge in [0.1, 0.15) is 0 Å². The summed E-state index contributed by atoms with van der Waals surface area (Å²) >= 11 is 0. The number of nitrogens with zero attached hydrogens (tertiary/aromatic N) is 2. The molecule has 0 radical (unpaired) electrons. The zero-order valence-electron chi connectivity index (χ0n) is 27.2. The third-order valence-corrected chi connectivity index (χ3v) is 10.7. The lowest BCUT2D eigenvalue weighted by molar-refractivity contribution is 1.18. The van der Waals surface area contributed by atoms with Crippen molar-refractivity contribution >= 4 is 75.9 Å². The fourth-order valence-corrected chi connectivity index (χ4v) is 8.57. The smallest absolute Gasteiger partial charge is 0.0547 e. The maximum Gasteiger partial charge on any atom is 0.0547 e. The number of benzene rings is 9. The van der Waals surface area contributed by atoms with E-state index >= 15 is 0 Å². The summed E-state index contributed by atoms with van der Waals surface area (Å²) in [4.78, 5) is 0. The molecule has 0 aliphatic heterocycles. The fourth-order valence-electron chi connectivity index (χ4n) is 8.57. The van der Waals surface area contributed by atoms with Gasteiger partial charge in [0, 0.05) is 32.9 Å². The van der Waals surface area contributed by atoms with E-state index in [-0.39, 0.29) is 0 Å². The predicted octanol–water partition coefficient (Wildman–Crippen LogP) is 13.0. The van der Waals surface area contributed by atoms with E-state index in [9.17, 15) is 0 Å². The highest BCUT2D eigenvalue weighted by Gasteiger charge is 2.19. The molecule has 0 saturated carbocycles. The highest BCUT2D eigenvalue weighted by Crippen LogP contribution is 2.42. The average molecular weight is 635 g/mol. The SMILES string of the molecule is c1ccc(-n2c3ccccc3c3ccc(-c4cccc5c4c4ccccc4n5-c4ccc5c6ccccc6c6ccccc6c5c4)cc32)cc1. The van der Waals surface area contributed by atoms with Gasteiger partial charge in [-0.05, 0) is 92.0 Å². The second-order valence-electron chi connectivity index (χ2n) is 13.3. The quantitative estimate of drug-likeness (QED) is 0.171. The van der Waals surface area contributed by atoms with Crippen LogP contribution in [0.4, 0.5) is 0 Å². The zero-order chi connectivity index (χ0) is 32.8. The van der Waals surface area contributed by atoms with Crippen LogP contribution in [-0.4, -0.2) is 9.13 Å². The molecule has 0 fully saturated rings. The minimum atomic E-state index is 1.17. The molecule has 2 aromatic heterocycles. The lowest BCUT2D eigenvalue weighted by Gasteiger charge is -2.14. The largest absolute Gasteiger partial charge is 0.309 e. The van der Waals surface area contributed by atoms with E-state index in [4.69, 9.17) is 0 Å². The summed E-state index contributed by atoms with van der Waals surface area (Å²) in [5, 5.41) is 12.8. The molecular weight excluding hydrogens is 605 g/mol. The van der Waals surface area contributed by atoms with E-state index in [1.54, 1.807) is 0 Å². The van der Waals surface area contributed by atoms with E-state index in [2.05, 4.69) is 191 Å². The van der Waals surface area contributed by atoms with Gasteiger partial charge < -0.3 is 9.13 Å². The van der Waals surface area contributed by atoms with Crippen molar-refractivity contribution in [3.05, 3.63) is 182 Å². The van der Waals surface area contributed by atoms with Crippen LogP contribution in [0.3, 0.4) is 0 Å². The second kappa shape index (κ2) is 10.4. The molecule has 0 bridgehead atoms. The molecule has 2 heterocycles. The first-order chi connectivity index (χ1) is 24.8. The molecule has 0 N–H and O–H groups in total. The molecule has 50 heavy (non-hydrogen) atoms. The Kier molecular flexibility index (Phi) is 5.70. The molecule has 0 amide bonds. The maximum atomic E-state index is 2.46. The molecule has 0 aliphatic carbocycles. The van der Waals surface area contributed by atoms with E-state index < -0.39 is 0 Å². The first-order valence-corrected chi connectivity index (χ1v) is 17.3. The number of aromatic nitrogens is 2. The van der Waals surface area contributed by atoms with Gasteiger partial charge in [0.05, 0.1) is 22.1 Å². The first-order valence-electron chi connectivity index (χ1n) is 17.3. The Bertz CT molecular complexity index is 3110. The van der Waals surface area contributed by atoms with Gasteiger partial charge in [-0.1, -0.05) is 133 Å². The lowest BCUT2D eigenvalue weighted by Crippen LogP contribution is -1.95. The molecule has 11 aromatic rings. The molecule has 0 unspecified atom stereocenters. The number of hydrogen-bond donors (Lipinski definition) is 0. The Morgan fingerprint density at radius 2 is 0.760 bits per heavy atom. The van der Waals surface area contributed by atoms with E-state index in [0.29, 0.717) is 0 Å². The van der Waals surface area contributed by atoms with Gasteiger partial charge in [0.25, 0.3) is 0 Å². The van der Waals surface area contributed by atoms with Crippen LogP contribution in [0.1, 0.15) is 0 Å². The van der Waals surface area contributed by atoms with Gasteiger partial charge in [-0.15, -0.1) is 0 Å². The highest BCUT2D eigenvalue weighted by molar-refractivity contribution is 6.26. The lowest BCUT2D eigenvalue weighted by atomic mass is 9.94. The molecule has 0 aliphatic rings. The summed E-state index contributed by atoms with van der Waals surface area (Å²) in [5.74, 6) is 0. The van der Waals surface area contributed by atoms with Crippen LogP contribution in [0.25, 0.3) is 98.4 Å². The number of hydrogen-bond acceptors (Lipinski definition) is 0. The van der Waals surface area contributed by atoms with Crippen molar-refractivity contribution in [2.75, 3.05) is 0 Å². The van der Waals surface area contributed by atoms with Gasteiger partial charge in [-0.2, -0.15) is 0 Å². The van der Waals surface area contributed by atoms with Crippen LogP contribution in [-0.2, 0) is 0 Å². The Labute approximate surface area is 288 Å². The monoisotopic (exact) mass is 634 g/mol. The zero-order valence-corrected chi connectivity index (χ0v) is 27.2. The predicted molar refractivity (Wildman–Crippen MR) is 213 cm³/mol. The van der Waals surface area contributed by atoms with Crippen LogP contribution in [0.5, 0.6) is 0 Å². The number of rotatable bonds is 3. The number of fused-ring (bicyclic) bond motifs is 12. The van der Waals surface area contributed by atoms with Crippen molar-refractivity contribution in [3.8, 4) is 22.5 Å². The summed E-state index contributed by atoms with van der Waals surface area (Å²) in [5.41, 5.74) is 9.63. The first kappa shape index (κ1) is 27.3. The van der Waals surface area contributed by atoms with E-state index in [1.807, 2.05) is 0 Å². The molecule has 2 heteroatoms. The minimum Gasteiger partial charge on any atom is -0.309 e. The summed E-state index contributed by atoms with van der Waals surface area (Å²) < 4.78 is 4.86. The molecule has 232 valence electrons. The Morgan fingerprint density at radius 1 is 0.260 bits per heavy atom. The Balaban J connectivity index is 1.19. The normalized spacial score (nSPS) is 12.0. The van der Waals surface area contributed by atoms with Crippen molar-refractivity contribution in [1.29, 1.82) is 0 Å². The maximum absolute atomic E-state index is 2.46. The topological polar surface area (TPSA) is 9.86 Å². The molecular formula is C48H30N2. The van der Waals surface area contributed by atoms with Crippen LogP contribution < -0.4 is 0 Å². The van der Waals surface area contributed by atoms with Gasteiger partial charge in [0.15, 0.2) is 0 Å². The summed E-state index contributed by atoms with van der Waals surface area (Å²) in [6.07, 6.45) is 0. The van der Waals surface area contributed by atoms with Gasteiger partial charge in [-0.3, -0.25) is 0 Å². The Morgan fingerprint density at radius 3 is 1.48 bits per heavy atom. The van der Waals surface area contributed by atoms with Crippen LogP contribution in [0.2, 0.25) is 0 Å². The van der Waals surface area contributed by atoms with Crippen LogP contribution >= 0.6 is 0 Å². The summed E-state index contributed by atoms with van der Waals surface area (Å²) in [6, 6.07) is 66.7. The molecule has 9 aromatic carbocycles. The number of para-hydroxylation sites is 3. The van der Waals surface area contributed by atoms with Crippen molar-refractivity contribution in [2.45, 2.75) is 0 Å². The van der Waals surface area contributed by atoms with Crippen molar-refractivity contribution in [1.82, 2.24) is 9.13 Å². The highest BCUT2D eigenvalue weighted by atomic mass is 15.0.